The second-order valence-electron chi connectivity index (χ2n) is 8.39. The summed E-state index contributed by atoms with van der Waals surface area (Å²) < 4.78 is 37.3. The highest BCUT2D eigenvalue weighted by Gasteiger charge is 2.35. The van der Waals surface area contributed by atoms with E-state index in [4.69, 9.17) is 0 Å². The van der Waals surface area contributed by atoms with Gasteiger partial charge in [0.05, 0.1) is 12.3 Å². The Balaban J connectivity index is 0.00000363. The number of hydrogen-bond donors (Lipinski definition) is 2. The fourth-order valence-electron chi connectivity index (χ4n) is 4.33. The van der Waals surface area contributed by atoms with Crippen molar-refractivity contribution in [3.63, 3.8) is 0 Å². The lowest BCUT2D eigenvalue weighted by molar-refractivity contribution is 0.431. The van der Waals surface area contributed by atoms with E-state index in [1.807, 2.05) is 13.0 Å². The zero-order valence-electron chi connectivity index (χ0n) is 18.7. The maximum Gasteiger partial charge on any atom is 0.191 e. The van der Waals surface area contributed by atoms with Gasteiger partial charge in [-0.3, -0.25) is 0 Å². The van der Waals surface area contributed by atoms with Crippen LogP contribution in [0, 0.1) is 5.82 Å². The Labute approximate surface area is 208 Å². The van der Waals surface area contributed by atoms with Crippen LogP contribution >= 0.6 is 24.0 Å². The Kier molecular flexibility index (Phi) is 9.94. The minimum Gasteiger partial charge on any atom is -0.357 e. The van der Waals surface area contributed by atoms with E-state index in [-0.39, 0.29) is 41.7 Å². The van der Waals surface area contributed by atoms with E-state index in [0.717, 1.165) is 19.4 Å². The molecule has 0 unspecified atom stereocenters. The number of nitrogens with one attached hydrogen (secondary N) is 2. The van der Waals surface area contributed by atoms with Gasteiger partial charge >= 0.3 is 0 Å². The van der Waals surface area contributed by atoms with Gasteiger partial charge in [0.2, 0.25) is 0 Å². The molecular formula is C24H33FIN3O2S. The quantitative estimate of drug-likeness (QED) is 0.276. The Bertz CT molecular complexity index is 1010. The highest BCUT2D eigenvalue weighted by molar-refractivity contribution is 14.0. The molecule has 0 spiro atoms. The minimum absolute atomic E-state index is 0. The third kappa shape index (κ3) is 7.43. The summed E-state index contributed by atoms with van der Waals surface area (Å²) >= 11 is 0. The van der Waals surface area contributed by atoms with Crippen molar-refractivity contribution in [2.45, 2.75) is 50.3 Å². The lowest BCUT2D eigenvalue weighted by atomic mass is 9.79. The molecule has 2 aromatic rings. The van der Waals surface area contributed by atoms with Crippen LogP contribution in [0.25, 0.3) is 0 Å². The number of aliphatic imine (C=N–C) groups is 1. The molecule has 0 saturated heterocycles. The average Bonchev–Trinajstić information content (AvgIpc) is 3.22. The molecule has 1 saturated carbocycles. The minimum atomic E-state index is -3.22. The number of sulfone groups is 1. The van der Waals surface area contributed by atoms with Gasteiger partial charge in [-0.05, 0) is 48.6 Å². The van der Waals surface area contributed by atoms with Crippen molar-refractivity contribution in [2.75, 3.05) is 19.3 Å². The van der Waals surface area contributed by atoms with E-state index in [2.05, 4.69) is 39.9 Å². The van der Waals surface area contributed by atoms with Crippen LogP contribution in [0.5, 0.6) is 0 Å². The SMILES string of the molecule is CCNC(=NCc1cc(F)ccc1CS(C)(=O)=O)NCC1(c2ccccc2)CCCC1.I. The Morgan fingerprint density at radius 3 is 2.38 bits per heavy atom. The van der Waals surface area contributed by atoms with Crippen molar-refractivity contribution in [3.05, 3.63) is 71.0 Å². The molecule has 0 bridgehead atoms. The topological polar surface area (TPSA) is 70.6 Å². The molecule has 2 N–H and O–H groups in total. The molecule has 0 radical (unpaired) electrons. The van der Waals surface area contributed by atoms with E-state index in [9.17, 15) is 12.8 Å². The van der Waals surface area contributed by atoms with E-state index < -0.39 is 15.7 Å². The van der Waals surface area contributed by atoms with Crippen molar-refractivity contribution in [2.24, 2.45) is 4.99 Å². The van der Waals surface area contributed by atoms with Gasteiger partial charge in [0.25, 0.3) is 0 Å². The van der Waals surface area contributed by atoms with Gasteiger partial charge in [0, 0.05) is 24.8 Å². The predicted octanol–water partition coefficient (Wildman–Crippen LogP) is 4.56. The fourth-order valence-corrected chi connectivity index (χ4v) is 5.18. The first-order valence-electron chi connectivity index (χ1n) is 10.8. The highest BCUT2D eigenvalue weighted by atomic mass is 127. The summed E-state index contributed by atoms with van der Waals surface area (Å²) in [6.07, 6.45) is 5.86. The third-order valence-corrected chi connectivity index (χ3v) is 6.71. The van der Waals surface area contributed by atoms with E-state index >= 15 is 0 Å². The molecule has 0 aromatic heterocycles. The number of halogens is 2. The van der Waals surface area contributed by atoms with Crippen LogP contribution in [0.3, 0.4) is 0 Å². The Hall–Kier alpha value is -1.68. The summed E-state index contributed by atoms with van der Waals surface area (Å²) in [4.78, 5) is 4.63. The molecule has 0 atom stereocenters. The molecule has 1 aliphatic rings. The summed E-state index contributed by atoms with van der Waals surface area (Å²) in [5.74, 6) is 0.132. The average molecular weight is 574 g/mol. The summed E-state index contributed by atoms with van der Waals surface area (Å²) in [7, 11) is -3.22. The van der Waals surface area contributed by atoms with Gasteiger partial charge in [-0.1, -0.05) is 49.2 Å². The van der Waals surface area contributed by atoms with Crippen LogP contribution < -0.4 is 10.6 Å². The van der Waals surface area contributed by atoms with Crippen molar-refractivity contribution in [1.82, 2.24) is 10.6 Å². The molecule has 8 heteroatoms. The summed E-state index contributed by atoms with van der Waals surface area (Å²) in [5, 5.41) is 6.74. The van der Waals surface area contributed by atoms with E-state index in [1.54, 1.807) is 0 Å². The molecular weight excluding hydrogens is 540 g/mol. The summed E-state index contributed by atoms with van der Waals surface area (Å²) in [5.41, 5.74) is 2.59. The zero-order chi connectivity index (χ0) is 22.3. The molecule has 0 aliphatic heterocycles. The van der Waals surface area contributed by atoms with Crippen LogP contribution in [-0.4, -0.2) is 33.7 Å². The monoisotopic (exact) mass is 573 g/mol. The van der Waals surface area contributed by atoms with E-state index in [1.165, 1.54) is 42.9 Å². The highest BCUT2D eigenvalue weighted by Crippen LogP contribution is 2.40. The molecule has 0 heterocycles. The number of guanidine groups is 1. The van der Waals surface area contributed by atoms with Gasteiger partial charge < -0.3 is 10.6 Å². The van der Waals surface area contributed by atoms with Crippen LogP contribution in [0.2, 0.25) is 0 Å². The van der Waals surface area contributed by atoms with Gasteiger partial charge in [-0.2, -0.15) is 0 Å². The predicted molar refractivity (Wildman–Crippen MR) is 140 cm³/mol. The molecule has 5 nitrogen and oxygen atoms in total. The second kappa shape index (κ2) is 12.0. The summed E-state index contributed by atoms with van der Waals surface area (Å²) in [6.45, 7) is 3.67. The van der Waals surface area contributed by atoms with Crippen molar-refractivity contribution in [1.29, 1.82) is 0 Å². The number of hydrogen-bond acceptors (Lipinski definition) is 3. The third-order valence-electron chi connectivity index (χ3n) is 5.88. The number of nitrogens with zero attached hydrogens (tertiary/aromatic N) is 1. The fraction of sp³-hybridized carbons (Fsp3) is 0.458. The van der Waals surface area contributed by atoms with Crippen LogP contribution in [0.4, 0.5) is 4.39 Å². The first-order valence-corrected chi connectivity index (χ1v) is 12.9. The number of benzene rings is 2. The molecule has 2 aromatic carbocycles. The van der Waals surface area contributed by atoms with Gasteiger partial charge in [-0.15, -0.1) is 24.0 Å². The van der Waals surface area contributed by atoms with Crippen LogP contribution in [0.1, 0.15) is 49.3 Å². The Morgan fingerprint density at radius 1 is 1.06 bits per heavy atom. The van der Waals surface area contributed by atoms with Gasteiger partial charge in [0.15, 0.2) is 15.8 Å². The van der Waals surface area contributed by atoms with Crippen LogP contribution in [0.15, 0.2) is 53.5 Å². The smallest absolute Gasteiger partial charge is 0.191 e. The maximum absolute atomic E-state index is 13.8. The normalized spacial score (nSPS) is 15.8. The largest absolute Gasteiger partial charge is 0.357 e. The van der Waals surface area contributed by atoms with Crippen molar-refractivity contribution >= 4 is 39.8 Å². The van der Waals surface area contributed by atoms with Crippen molar-refractivity contribution in [3.8, 4) is 0 Å². The first kappa shape index (κ1) is 26.6. The molecule has 176 valence electrons. The number of rotatable bonds is 8. The van der Waals surface area contributed by atoms with Crippen molar-refractivity contribution < 1.29 is 12.8 Å². The van der Waals surface area contributed by atoms with Gasteiger partial charge in [0.1, 0.15) is 5.82 Å². The van der Waals surface area contributed by atoms with E-state index in [0.29, 0.717) is 23.6 Å². The molecule has 1 aliphatic carbocycles. The maximum atomic E-state index is 13.8. The standard InChI is InChI=1S/C24H32FN3O2S.HI/c1-3-26-23(27-16-20-15-22(25)12-11-19(20)17-31(2,29)30)28-18-24(13-7-8-14-24)21-9-5-4-6-10-21;/h4-6,9-12,15H,3,7-8,13-14,16-18H2,1-2H3,(H2,26,27,28);1H. The Morgan fingerprint density at radius 2 is 1.75 bits per heavy atom. The molecule has 3 rings (SSSR count). The van der Waals surface area contributed by atoms with Crippen LogP contribution in [-0.2, 0) is 27.5 Å². The zero-order valence-corrected chi connectivity index (χ0v) is 21.9. The molecule has 1 fully saturated rings. The first-order chi connectivity index (χ1) is 14.8. The second-order valence-corrected chi connectivity index (χ2v) is 10.5. The lowest BCUT2D eigenvalue weighted by Gasteiger charge is -2.31. The molecule has 0 amide bonds. The summed E-state index contributed by atoms with van der Waals surface area (Å²) in [6, 6.07) is 14.8. The van der Waals surface area contributed by atoms with Gasteiger partial charge in [-0.25, -0.2) is 17.8 Å². The molecule has 32 heavy (non-hydrogen) atoms. The lowest BCUT2D eigenvalue weighted by Crippen LogP contribution is -2.44.